The zero-order valence-corrected chi connectivity index (χ0v) is 12.3. The normalized spacial score (nSPS) is 18.2. The van der Waals surface area contributed by atoms with Crippen LogP contribution >= 0.6 is 0 Å². The SMILES string of the molecule is CCCNCc1ccoc1CN1CCCCCCC1. The van der Waals surface area contributed by atoms with Gasteiger partial charge in [-0.25, -0.2) is 0 Å². The van der Waals surface area contributed by atoms with Crippen molar-refractivity contribution in [3.63, 3.8) is 0 Å². The molecule has 3 heteroatoms. The van der Waals surface area contributed by atoms with Gasteiger partial charge >= 0.3 is 0 Å². The molecule has 0 radical (unpaired) electrons. The molecule has 1 saturated heterocycles. The Morgan fingerprint density at radius 1 is 1.16 bits per heavy atom. The first-order valence-electron chi connectivity index (χ1n) is 7.88. The second kappa shape index (κ2) is 8.39. The van der Waals surface area contributed by atoms with E-state index in [9.17, 15) is 0 Å². The molecular weight excluding hydrogens is 236 g/mol. The zero-order valence-electron chi connectivity index (χ0n) is 12.3. The fourth-order valence-corrected chi connectivity index (χ4v) is 2.74. The molecule has 1 aliphatic heterocycles. The van der Waals surface area contributed by atoms with Crippen LogP contribution in [0.15, 0.2) is 16.7 Å². The largest absolute Gasteiger partial charge is 0.468 e. The lowest BCUT2D eigenvalue weighted by atomic mass is 10.1. The van der Waals surface area contributed by atoms with Crippen LogP contribution in [0.4, 0.5) is 0 Å². The van der Waals surface area contributed by atoms with Gasteiger partial charge in [-0.2, -0.15) is 0 Å². The molecule has 1 fully saturated rings. The van der Waals surface area contributed by atoms with E-state index in [1.54, 1.807) is 0 Å². The molecule has 108 valence electrons. The lowest BCUT2D eigenvalue weighted by Crippen LogP contribution is -2.27. The van der Waals surface area contributed by atoms with Gasteiger partial charge in [0.25, 0.3) is 0 Å². The number of likely N-dealkylation sites (tertiary alicyclic amines) is 1. The fourth-order valence-electron chi connectivity index (χ4n) is 2.74. The van der Waals surface area contributed by atoms with Crippen LogP contribution in [0.1, 0.15) is 56.8 Å². The molecule has 0 saturated carbocycles. The van der Waals surface area contributed by atoms with Crippen LogP contribution in [0.2, 0.25) is 0 Å². The summed E-state index contributed by atoms with van der Waals surface area (Å²) in [7, 11) is 0. The van der Waals surface area contributed by atoms with Crippen LogP contribution in [0.5, 0.6) is 0 Å². The van der Waals surface area contributed by atoms with Crippen molar-refractivity contribution in [2.45, 2.75) is 58.5 Å². The Morgan fingerprint density at radius 3 is 2.63 bits per heavy atom. The first-order chi connectivity index (χ1) is 9.40. The van der Waals surface area contributed by atoms with Crippen LogP contribution in [0.25, 0.3) is 0 Å². The van der Waals surface area contributed by atoms with E-state index in [0.29, 0.717) is 0 Å². The van der Waals surface area contributed by atoms with Crippen LogP contribution < -0.4 is 5.32 Å². The third kappa shape index (κ3) is 5.00. The zero-order chi connectivity index (χ0) is 13.3. The second-order valence-electron chi connectivity index (χ2n) is 5.59. The van der Waals surface area contributed by atoms with E-state index in [4.69, 9.17) is 4.42 Å². The van der Waals surface area contributed by atoms with Crippen molar-refractivity contribution in [1.29, 1.82) is 0 Å². The first-order valence-corrected chi connectivity index (χ1v) is 7.88. The van der Waals surface area contributed by atoms with E-state index in [1.165, 1.54) is 57.2 Å². The Labute approximate surface area is 117 Å². The molecule has 0 bridgehead atoms. The summed E-state index contributed by atoms with van der Waals surface area (Å²) in [6, 6.07) is 2.11. The quantitative estimate of drug-likeness (QED) is 0.797. The standard InChI is InChI=1S/C16H28N2O/c1-2-9-17-13-15-8-12-19-16(15)14-18-10-6-4-3-5-7-11-18/h8,12,17H,2-7,9-11,13-14H2,1H3. The van der Waals surface area contributed by atoms with E-state index in [2.05, 4.69) is 23.2 Å². The highest BCUT2D eigenvalue weighted by Crippen LogP contribution is 2.17. The van der Waals surface area contributed by atoms with Crippen molar-refractivity contribution >= 4 is 0 Å². The summed E-state index contributed by atoms with van der Waals surface area (Å²) < 4.78 is 5.69. The third-order valence-corrected chi connectivity index (χ3v) is 3.90. The molecule has 1 aromatic rings. The summed E-state index contributed by atoms with van der Waals surface area (Å²) in [5.41, 5.74) is 1.33. The van der Waals surface area contributed by atoms with Crippen LogP contribution in [0.3, 0.4) is 0 Å². The molecule has 2 rings (SSSR count). The Morgan fingerprint density at radius 2 is 1.89 bits per heavy atom. The molecule has 1 aromatic heterocycles. The van der Waals surface area contributed by atoms with Gasteiger partial charge in [-0.3, -0.25) is 4.90 Å². The molecule has 0 amide bonds. The third-order valence-electron chi connectivity index (χ3n) is 3.90. The van der Waals surface area contributed by atoms with Gasteiger partial charge in [0.05, 0.1) is 12.8 Å². The Bertz CT molecular complexity index is 340. The lowest BCUT2D eigenvalue weighted by Gasteiger charge is -2.23. The average Bonchev–Trinajstić information content (AvgIpc) is 2.80. The van der Waals surface area contributed by atoms with Crippen molar-refractivity contribution in [3.8, 4) is 0 Å². The van der Waals surface area contributed by atoms with Gasteiger partial charge in [0.15, 0.2) is 0 Å². The molecule has 3 nitrogen and oxygen atoms in total. The maximum Gasteiger partial charge on any atom is 0.122 e. The predicted octanol–water partition coefficient (Wildman–Crippen LogP) is 3.55. The number of nitrogens with one attached hydrogen (secondary N) is 1. The van der Waals surface area contributed by atoms with Gasteiger partial charge in [-0.15, -0.1) is 0 Å². The molecular formula is C16H28N2O. The Balaban J connectivity index is 1.84. The fraction of sp³-hybridized carbons (Fsp3) is 0.750. The maximum absolute atomic E-state index is 5.69. The Kier molecular flexibility index (Phi) is 6.45. The van der Waals surface area contributed by atoms with Crippen LogP contribution in [-0.4, -0.2) is 24.5 Å². The highest BCUT2D eigenvalue weighted by Gasteiger charge is 2.13. The summed E-state index contributed by atoms with van der Waals surface area (Å²) in [6.45, 7) is 7.65. The molecule has 1 N–H and O–H groups in total. The topological polar surface area (TPSA) is 28.4 Å². The molecule has 0 spiro atoms. The van der Waals surface area contributed by atoms with E-state index in [-0.39, 0.29) is 0 Å². The van der Waals surface area contributed by atoms with Gasteiger partial charge in [0.2, 0.25) is 0 Å². The summed E-state index contributed by atoms with van der Waals surface area (Å²) in [6.07, 6.45) is 9.88. The minimum absolute atomic E-state index is 0.938. The Hall–Kier alpha value is -0.800. The minimum atomic E-state index is 0.938. The molecule has 19 heavy (non-hydrogen) atoms. The van der Waals surface area contributed by atoms with E-state index >= 15 is 0 Å². The van der Waals surface area contributed by atoms with Crippen LogP contribution in [-0.2, 0) is 13.1 Å². The number of hydrogen-bond acceptors (Lipinski definition) is 3. The molecule has 0 atom stereocenters. The summed E-state index contributed by atoms with van der Waals surface area (Å²) in [4.78, 5) is 2.56. The predicted molar refractivity (Wildman–Crippen MR) is 79.1 cm³/mol. The van der Waals surface area contributed by atoms with Crippen molar-refractivity contribution in [2.24, 2.45) is 0 Å². The highest BCUT2D eigenvalue weighted by molar-refractivity contribution is 5.16. The summed E-state index contributed by atoms with van der Waals surface area (Å²) in [5.74, 6) is 1.16. The summed E-state index contributed by atoms with van der Waals surface area (Å²) in [5, 5.41) is 3.46. The molecule has 2 heterocycles. The number of nitrogens with zero attached hydrogens (tertiary/aromatic N) is 1. The minimum Gasteiger partial charge on any atom is -0.468 e. The number of furan rings is 1. The van der Waals surface area contributed by atoms with Gasteiger partial charge in [0, 0.05) is 12.1 Å². The summed E-state index contributed by atoms with van der Waals surface area (Å²) >= 11 is 0. The number of hydrogen-bond donors (Lipinski definition) is 1. The van der Waals surface area contributed by atoms with Crippen LogP contribution in [0, 0.1) is 0 Å². The maximum atomic E-state index is 5.69. The van der Waals surface area contributed by atoms with Crippen molar-refractivity contribution in [1.82, 2.24) is 10.2 Å². The smallest absolute Gasteiger partial charge is 0.122 e. The monoisotopic (exact) mass is 264 g/mol. The number of rotatable bonds is 6. The van der Waals surface area contributed by atoms with E-state index in [0.717, 1.165) is 25.4 Å². The van der Waals surface area contributed by atoms with E-state index in [1.807, 2.05) is 6.26 Å². The lowest BCUT2D eigenvalue weighted by molar-refractivity contribution is 0.221. The second-order valence-corrected chi connectivity index (χ2v) is 5.59. The van der Waals surface area contributed by atoms with Gasteiger partial charge in [-0.05, 0) is 45.0 Å². The van der Waals surface area contributed by atoms with Gasteiger partial charge in [-0.1, -0.05) is 26.2 Å². The molecule has 0 unspecified atom stereocenters. The highest BCUT2D eigenvalue weighted by atomic mass is 16.3. The molecule has 0 aromatic carbocycles. The first kappa shape index (κ1) is 14.6. The van der Waals surface area contributed by atoms with Crippen molar-refractivity contribution < 1.29 is 4.42 Å². The van der Waals surface area contributed by atoms with Gasteiger partial charge in [0.1, 0.15) is 5.76 Å². The van der Waals surface area contributed by atoms with Crippen molar-refractivity contribution in [2.75, 3.05) is 19.6 Å². The van der Waals surface area contributed by atoms with Gasteiger partial charge < -0.3 is 9.73 Å². The van der Waals surface area contributed by atoms with E-state index < -0.39 is 0 Å². The molecule has 1 aliphatic rings. The average molecular weight is 264 g/mol. The molecule has 0 aliphatic carbocycles. The van der Waals surface area contributed by atoms with Crippen molar-refractivity contribution in [3.05, 3.63) is 23.7 Å².